The number of rotatable bonds is 13. The largest absolute Gasteiger partial charge is 0.490 e. The van der Waals surface area contributed by atoms with Crippen LogP contribution in [0.3, 0.4) is 0 Å². The molecule has 6 nitrogen and oxygen atoms in total. The molecule has 7 rings (SSSR count). The maximum atomic E-state index is 14.4. The number of amides is 2. The summed E-state index contributed by atoms with van der Waals surface area (Å²) in [6, 6.07) is 55.5. The summed E-state index contributed by atoms with van der Waals surface area (Å²) in [4.78, 5) is 35.5. The van der Waals surface area contributed by atoms with Crippen LogP contribution in [0.4, 0.5) is 4.79 Å². The number of thioether (sulfide) groups is 1. The van der Waals surface area contributed by atoms with Crippen molar-refractivity contribution in [2.45, 2.75) is 24.1 Å². The van der Waals surface area contributed by atoms with Crippen molar-refractivity contribution >= 4 is 28.6 Å². The molecule has 0 aromatic heterocycles. The first kappa shape index (κ1) is 34.5. The lowest BCUT2D eigenvalue weighted by atomic mass is 9.75. The van der Waals surface area contributed by atoms with E-state index in [9.17, 15) is 9.59 Å². The third-order valence-electron chi connectivity index (χ3n) is 9.21. The number of nitrogens with zero attached hydrogens (tertiary/aromatic N) is 2. The predicted octanol–water partition coefficient (Wildman–Crippen LogP) is 9.77. The summed E-state index contributed by atoms with van der Waals surface area (Å²) >= 11 is 1.09. The molecular formula is C45H38N2O4S. The van der Waals surface area contributed by atoms with Crippen molar-refractivity contribution in [1.82, 2.24) is 4.90 Å². The standard InChI is InChI=1S/C45H38N2O4S/c1-33(36-17-14-18-37(32-36)35-15-6-2-7-16-35)46-51-30-29-50-41-27-25-34(26-28-41)31-42-43(48)47(44(49)52-42)45(38-19-8-3-9-20-38,39-21-10-4-11-22-39)40-23-12-5-13-24-40/h2-28,32,42H,29-31H2,1H3. The fraction of sp³-hybridized carbons (Fsp3) is 0.133. The average molecular weight is 703 g/mol. The van der Waals surface area contributed by atoms with Crippen LogP contribution in [-0.4, -0.2) is 40.2 Å². The number of carbonyl (C=O) groups is 2. The number of ether oxygens (including phenoxy) is 1. The van der Waals surface area contributed by atoms with E-state index >= 15 is 0 Å². The molecule has 2 amide bonds. The zero-order valence-corrected chi connectivity index (χ0v) is 29.6. The second-order valence-electron chi connectivity index (χ2n) is 12.5. The van der Waals surface area contributed by atoms with E-state index in [1.807, 2.05) is 153 Å². The van der Waals surface area contributed by atoms with Crippen molar-refractivity contribution in [3.63, 3.8) is 0 Å². The minimum Gasteiger partial charge on any atom is -0.490 e. The Morgan fingerprint density at radius 1 is 0.654 bits per heavy atom. The van der Waals surface area contributed by atoms with Crippen LogP contribution in [0.2, 0.25) is 0 Å². The van der Waals surface area contributed by atoms with Gasteiger partial charge in [0, 0.05) is 0 Å². The van der Waals surface area contributed by atoms with Crippen molar-refractivity contribution in [1.29, 1.82) is 0 Å². The van der Waals surface area contributed by atoms with Gasteiger partial charge in [-0.15, -0.1) is 0 Å². The van der Waals surface area contributed by atoms with E-state index in [-0.39, 0.29) is 17.8 Å². The second kappa shape index (κ2) is 16.0. The molecule has 1 fully saturated rings. The maximum absolute atomic E-state index is 14.4. The van der Waals surface area contributed by atoms with Gasteiger partial charge < -0.3 is 9.57 Å². The van der Waals surface area contributed by atoms with Gasteiger partial charge >= 0.3 is 0 Å². The molecule has 0 aliphatic carbocycles. The van der Waals surface area contributed by atoms with E-state index < -0.39 is 10.8 Å². The topological polar surface area (TPSA) is 68.2 Å². The Morgan fingerprint density at radius 2 is 1.19 bits per heavy atom. The van der Waals surface area contributed by atoms with E-state index in [0.717, 1.165) is 56.4 Å². The maximum Gasteiger partial charge on any atom is 0.290 e. The van der Waals surface area contributed by atoms with Gasteiger partial charge in [0.1, 0.15) is 17.9 Å². The molecule has 1 aliphatic heterocycles. The lowest BCUT2D eigenvalue weighted by Crippen LogP contribution is -2.51. The third-order valence-corrected chi connectivity index (χ3v) is 10.2. The summed E-state index contributed by atoms with van der Waals surface area (Å²) < 4.78 is 5.91. The van der Waals surface area contributed by atoms with Gasteiger partial charge in [-0.2, -0.15) is 0 Å². The number of hydrogen-bond donors (Lipinski definition) is 0. The first-order valence-corrected chi connectivity index (χ1v) is 18.2. The highest BCUT2D eigenvalue weighted by molar-refractivity contribution is 8.15. The summed E-state index contributed by atoms with van der Waals surface area (Å²) in [7, 11) is 0. The zero-order chi connectivity index (χ0) is 35.8. The molecule has 1 unspecified atom stereocenters. The Balaban J connectivity index is 1.00. The molecule has 1 saturated heterocycles. The normalized spacial score (nSPS) is 14.8. The van der Waals surface area contributed by atoms with Crippen LogP contribution in [0, 0.1) is 0 Å². The molecule has 6 aromatic carbocycles. The Bertz CT molecular complexity index is 2040. The smallest absolute Gasteiger partial charge is 0.290 e. The number of oxime groups is 1. The molecule has 7 heteroatoms. The Morgan fingerprint density at radius 3 is 1.77 bits per heavy atom. The number of carbonyl (C=O) groups excluding carboxylic acids is 2. The summed E-state index contributed by atoms with van der Waals surface area (Å²) in [5.41, 5.74) is 6.40. The van der Waals surface area contributed by atoms with Crippen molar-refractivity contribution in [3.05, 3.63) is 198 Å². The minimum absolute atomic E-state index is 0.216. The highest BCUT2D eigenvalue weighted by atomic mass is 32.2. The van der Waals surface area contributed by atoms with E-state index in [2.05, 4.69) is 29.4 Å². The van der Waals surface area contributed by atoms with Gasteiger partial charge in [-0.05, 0) is 70.5 Å². The number of imide groups is 1. The fourth-order valence-electron chi connectivity index (χ4n) is 6.70. The predicted molar refractivity (Wildman–Crippen MR) is 209 cm³/mol. The van der Waals surface area contributed by atoms with Crippen molar-refractivity contribution in [2.24, 2.45) is 5.16 Å². The first-order chi connectivity index (χ1) is 25.5. The highest BCUT2D eigenvalue weighted by Crippen LogP contribution is 2.47. The zero-order valence-electron chi connectivity index (χ0n) is 28.8. The van der Waals surface area contributed by atoms with Crippen LogP contribution in [0.25, 0.3) is 11.1 Å². The van der Waals surface area contributed by atoms with Crippen LogP contribution in [-0.2, 0) is 21.6 Å². The van der Waals surface area contributed by atoms with E-state index in [4.69, 9.17) is 9.57 Å². The van der Waals surface area contributed by atoms with Crippen LogP contribution >= 0.6 is 11.8 Å². The van der Waals surface area contributed by atoms with E-state index in [0.29, 0.717) is 18.8 Å². The van der Waals surface area contributed by atoms with E-state index in [1.54, 1.807) is 0 Å². The van der Waals surface area contributed by atoms with Gasteiger partial charge in [0.2, 0.25) is 5.91 Å². The van der Waals surface area contributed by atoms with Gasteiger partial charge in [-0.25, -0.2) is 0 Å². The van der Waals surface area contributed by atoms with Crippen molar-refractivity contribution in [3.8, 4) is 16.9 Å². The first-order valence-electron chi connectivity index (χ1n) is 17.3. The fourth-order valence-corrected chi connectivity index (χ4v) is 7.76. The lowest BCUT2D eigenvalue weighted by Gasteiger charge is -2.42. The average Bonchev–Trinajstić information content (AvgIpc) is 3.48. The van der Waals surface area contributed by atoms with Gasteiger partial charge in [0.15, 0.2) is 6.61 Å². The molecular weight excluding hydrogens is 665 g/mol. The second-order valence-corrected chi connectivity index (χ2v) is 13.7. The molecule has 6 aromatic rings. The van der Waals surface area contributed by atoms with E-state index in [1.165, 1.54) is 4.90 Å². The summed E-state index contributed by atoms with van der Waals surface area (Å²) in [5, 5.41) is 3.46. The Labute approximate surface area is 308 Å². The summed E-state index contributed by atoms with van der Waals surface area (Å²) in [6.07, 6.45) is 0.406. The molecule has 0 N–H and O–H groups in total. The summed E-state index contributed by atoms with van der Waals surface area (Å²) in [6.45, 7) is 2.53. The molecule has 258 valence electrons. The third kappa shape index (κ3) is 7.27. The lowest BCUT2D eigenvalue weighted by molar-refractivity contribution is -0.129. The number of benzene rings is 6. The van der Waals surface area contributed by atoms with Crippen LogP contribution in [0.15, 0.2) is 175 Å². The monoisotopic (exact) mass is 702 g/mol. The van der Waals surface area contributed by atoms with Gasteiger partial charge in [0.05, 0.1) is 11.0 Å². The van der Waals surface area contributed by atoms with Crippen molar-refractivity contribution in [2.75, 3.05) is 13.2 Å². The van der Waals surface area contributed by atoms with Gasteiger partial charge in [-0.3, -0.25) is 14.5 Å². The molecule has 0 spiro atoms. The Hall–Kier alpha value is -5.92. The summed E-state index contributed by atoms with van der Waals surface area (Å²) in [5.74, 6) is 0.467. The highest BCUT2D eigenvalue weighted by Gasteiger charge is 2.53. The van der Waals surface area contributed by atoms with Gasteiger partial charge in [-0.1, -0.05) is 169 Å². The minimum atomic E-state index is -1.13. The molecule has 0 bridgehead atoms. The molecule has 1 heterocycles. The van der Waals surface area contributed by atoms with Crippen LogP contribution < -0.4 is 4.74 Å². The molecule has 1 aliphatic rings. The molecule has 0 radical (unpaired) electrons. The molecule has 1 atom stereocenters. The SMILES string of the molecule is CC(=NOCCOc1ccc(CC2SC(=O)N(C(c3ccccc3)(c3ccccc3)c3ccccc3)C2=O)cc1)c1cccc(-c2ccccc2)c1. The van der Waals surface area contributed by atoms with Gasteiger partial charge in [0.25, 0.3) is 5.24 Å². The van der Waals surface area contributed by atoms with Crippen molar-refractivity contribution < 1.29 is 19.2 Å². The van der Waals surface area contributed by atoms with Crippen LogP contribution in [0.5, 0.6) is 5.75 Å². The molecule has 0 saturated carbocycles. The molecule has 52 heavy (non-hydrogen) atoms. The number of hydrogen-bond acceptors (Lipinski definition) is 6. The Kier molecular flexibility index (Phi) is 10.6. The quantitative estimate of drug-likeness (QED) is 0.0519. The van der Waals surface area contributed by atoms with Crippen LogP contribution in [0.1, 0.15) is 34.7 Å².